The Bertz CT molecular complexity index is 492. The molecule has 1 rings (SSSR count). The van der Waals surface area contributed by atoms with Crippen molar-refractivity contribution in [2.75, 3.05) is 26.2 Å². The zero-order chi connectivity index (χ0) is 14.5. The van der Waals surface area contributed by atoms with E-state index in [1.165, 1.54) is 10.9 Å². The smallest absolute Gasteiger partial charge is 0.243 e. The normalized spacial score (nSPS) is 12.3. The van der Waals surface area contributed by atoms with E-state index >= 15 is 0 Å². The largest absolute Gasteiger partial charge is 0.304 e. The lowest BCUT2D eigenvalue weighted by Crippen LogP contribution is -2.30. The van der Waals surface area contributed by atoms with E-state index in [0.717, 1.165) is 26.1 Å². The van der Waals surface area contributed by atoms with Gasteiger partial charge in [0.05, 0.1) is 5.69 Å². The fourth-order valence-corrected chi connectivity index (χ4v) is 3.26. The van der Waals surface area contributed by atoms with E-state index in [4.69, 9.17) is 0 Å². The second-order valence-electron chi connectivity index (χ2n) is 4.53. The summed E-state index contributed by atoms with van der Waals surface area (Å²) < 4.78 is 28.3. The van der Waals surface area contributed by atoms with Crippen molar-refractivity contribution >= 4 is 10.0 Å². The summed E-state index contributed by atoms with van der Waals surface area (Å²) in [6.07, 6.45) is 2.34. The molecule has 0 aliphatic carbocycles. The number of nitrogens with one attached hydrogen (secondary N) is 1. The van der Waals surface area contributed by atoms with E-state index in [9.17, 15) is 8.42 Å². The maximum absolute atomic E-state index is 12.1. The maximum Gasteiger partial charge on any atom is 0.243 e. The summed E-state index contributed by atoms with van der Waals surface area (Å²) in [4.78, 5) is 2.53. The molecule has 1 aromatic heterocycles. The van der Waals surface area contributed by atoms with Gasteiger partial charge in [0.25, 0.3) is 0 Å². The first kappa shape index (κ1) is 16.1. The molecule has 0 atom stereocenters. The topological polar surface area (TPSA) is 67.2 Å². The number of sulfonamides is 1. The molecule has 7 heteroatoms. The second kappa shape index (κ2) is 7.02. The molecule has 1 N–H and O–H groups in total. The molecule has 0 bridgehead atoms. The number of aryl methyl sites for hydroxylation is 2. The third kappa shape index (κ3) is 4.59. The van der Waals surface area contributed by atoms with Crippen LogP contribution in [0.4, 0.5) is 0 Å². The Morgan fingerprint density at radius 3 is 2.47 bits per heavy atom. The van der Waals surface area contributed by atoms with Crippen LogP contribution < -0.4 is 4.72 Å². The maximum atomic E-state index is 12.1. The Balaban J connectivity index is 2.50. The molecule has 0 fully saturated rings. The predicted molar refractivity (Wildman–Crippen MR) is 75.5 cm³/mol. The van der Waals surface area contributed by atoms with Crippen LogP contribution in [-0.4, -0.2) is 49.3 Å². The van der Waals surface area contributed by atoms with E-state index in [1.807, 2.05) is 0 Å². The summed E-state index contributed by atoms with van der Waals surface area (Å²) in [5.41, 5.74) is 0.527. The van der Waals surface area contributed by atoms with Crippen LogP contribution in [0.2, 0.25) is 0 Å². The van der Waals surface area contributed by atoms with Gasteiger partial charge in [0.1, 0.15) is 4.90 Å². The van der Waals surface area contributed by atoms with Crippen molar-refractivity contribution in [3.05, 3.63) is 11.9 Å². The fraction of sp³-hybridized carbons (Fsp3) is 0.750. The van der Waals surface area contributed by atoms with E-state index in [-0.39, 0.29) is 4.90 Å². The van der Waals surface area contributed by atoms with Gasteiger partial charge in [0.2, 0.25) is 10.0 Å². The van der Waals surface area contributed by atoms with Crippen LogP contribution in [0.5, 0.6) is 0 Å². The molecule has 110 valence electrons. The molecule has 1 heterocycles. The summed E-state index contributed by atoms with van der Waals surface area (Å²) in [5.74, 6) is 0. The Labute approximate surface area is 115 Å². The van der Waals surface area contributed by atoms with Crippen LogP contribution in [-0.2, 0) is 17.1 Å². The monoisotopic (exact) mass is 288 g/mol. The van der Waals surface area contributed by atoms with Gasteiger partial charge in [-0.05, 0) is 33.0 Å². The van der Waals surface area contributed by atoms with Crippen LogP contribution >= 0.6 is 0 Å². The second-order valence-corrected chi connectivity index (χ2v) is 6.27. The molecule has 0 spiro atoms. The Morgan fingerprint density at radius 1 is 1.37 bits per heavy atom. The molecule has 0 radical (unpaired) electrons. The van der Waals surface area contributed by atoms with Crippen molar-refractivity contribution in [3.8, 4) is 0 Å². The van der Waals surface area contributed by atoms with Crippen LogP contribution in [0.25, 0.3) is 0 Å². The quantitative estimate of drug-likeness (QED) is 0.716. The van der Waals surface area contributed by atoms with Gasteiger partial charge in [-0.2, -0.15) is 5.10 Å². The molecule has 0 amide bonds. The van der Waals surface area contributed by atoms with Crippen LogP contribution in [0.15, 0.2) is 11.1 Å². The van der Waals surface area contributed by atoms with Crippen molar-refractivity contribution in [3.63, 3.8) is 0 Å². The number of nitrogens with zero attached hydrogens (tertiary/aromatic N) is 3. The van der Waals surface area contributed by atoms with Gasteiger partial charge in [0.15, 0.2) is 0 Å². The van der Waals surface area contributed by atoms with Crippen molar-refractivity contribution in [1.29, 1.82) is 0 Å². The first-order chi connectivity index (χ1) is 8.90. The Hall–Kier alpha value is -0.920. The van der Waals surface area contributed by atoms with Gasteiger partial charge in [-0.15, -0.1) is 0 Å². The molecule has 0 saturated carbocycles. The summed E-state index contributed by atoms with van der Waals surface area (Å²) in [7, 11) is -1.72. The highest BCUT2D eigenvalue weighted by Crippen LogP contribution is 2.11. The molecular weight excluding hydrogens is 264 g/mol. The zero-order valence-electron chi connectivity index (χ0n) is 12.2. The fourth-order valence-electron chi connectivity index (χ4n) is 1.97. The van der Waals surface area contributed by atoms with Gasteiger partial charge in [-0.3, -0.25) is 4.68 Å². The molecule has 19 heavy (non-hydrogen) atoms. The third-order valence-corrected chi connectivity index (χ3v) is 4.66. The first-order valence-electron chi connectivity index (χ1n) is 6.63. The number of hydrogen-bond acceptors (Lipinski definition) is 4. The third-order valence-electron chi connectivity index (χ3n) is 3.10. The number of hydrogen-bond donors (Lipinski definition) is 1. The first-order valence-corrected chi connectivity index (χ1v) is 8.11. The predicted octanol–water partition coefficient (Wildman–Crippen LogP) is 0.739. The summed E-state index contributed by atoms with van der Waals surface area (Å²) in [5, 5.41) is 4.05. The lowest BCUT2D eigenvalue weighted by atomic mass is 10.4. The van der Waals surface area contributed by atoms with Crippen molar-refractivity contribution in [2.24, 2.45) is 7.05 Å². The molecule has 1 aromatic rings. The van der Waals surface area contributed by atoms with E-state index < -0.39 is 10.0 Å². The highest BCUT2D eigenvalue weighted by atomic mass is 32.2. The highest BCUT2D eigenvalue weighted by Gasteiger charge is 2.18. The van der Waals surface area contributed by atoms with Gasteiger partial charge >= 0.3 is 0 Å². The number of aromatic nitrogens is 2. The van der Waals surface area contributed by atoms with Crippen LogP contribution in [0.3, 0.4) is 0 Å². The van der Waals surface area contributed by atoms with Crippen molar-refractivity contribution < 1.29 is 8.42 Å². The van der Waals surface area contributed by atoms with Crippen molar-refractivity contribution in [1.82, 2.24) is 19.4 Å². The standard InChI is InChI=1S/C12H24N4O2S/c1-5-16(6-2)9-7-8-13-19(17,18)12-10-15(4)14-11(12)3/h10,13H,5-9H2,1-4H3. The lowest BCUT2D eigenvalue weighted by Gasteiger charge is -2.17. The van der Waals surface area contributed by atoms with Gasteiger partial charge in [0, 0.05) is 19.8 Å². The SMILES string of the molecule is CCN(CC)CCCNS(=O)(=O)c1cn(C)nc1C. The summed E-state index contributed by atoms with van der Waals surface area (Å²) in [6.45, 7) is 9.24. The van der Waals surface area contributed by atoms with Crippen LogP contribution in [0, 0.1) is 6.92 Å². The van der Waals surface area contributed by atoms with Gasteiger partial charge in [-0.1, -0.05) is 13.8 Å². The molecule has 0 aliphatic rings. The molecule has 0 unspecified atom stereocenters. The average molecular weight is 288 g/mol. The summed E-state index contributed by atoms with van der Waals surface area (Å²) in [6, 6.07) is 0. The molecule has 0 saturated heterocycles. The minimum absolute atomic E-state index is 0.262. The van der Waals surface area contributed by atoms with Gasteiger partial charge in [-0.25, -0.2) is 13.1 Å². The minimum atomic E-state index is -3.43. The van der Waals surface area contributed by atoms with E-state index in [0.29, 0.717) is 12.2 Å². The molecule has 6 nitrogen and oxygen atoms in total. The van der Waals surface area contributed by atoms with Crippen molar-refractivity contribution in [2.45, 2.75) is 32.1 Å². The minimum Gasteiger partial charge on any atom is -0.304 e. The molecule has 0 aliphatic heterocycles. The van der Waals surface area contributed by atoms with Crippen LogP contribution in [0.1, 0.15) is 26.0 Å². The van der Waals surface area contributed by atoms with E-state index in [1.54, 1.807) is 14.0 Å². The average Bonchev–Trinajstić information content (AvgIpc) is 2.69. The van der Waals surface area contributed by atoms with Gasteiger partial charge < -0.3 is 4.90 Å². The lowest BCUT2D eigenvalue weighted by molar-refractivity contribution is 0.300. The highest BCUT2D eigenvalue weighted by molar-refractivity contribution is 7.89. The Morgan fingerprint density at radius 2 is 2.00 bits per heavy atom. The Kier molecular flexibility index (Phi) is 5.96. The number of rotatable bonds is 8. The molecule has 0 aromatic carbocycles. The zero-order valence-corrected chi connectivity index (χ0v) is 13.0. The summed E-state index contributed by atoms with van der Waals surface area (Å²) >= 11 is 0. The molecular formula is C12H24N4O2S. The van der Waals surface area contributed by atoms with E-state index in [2.05, 4.69) is 28.6 Å².